The van der Waals surface area contributed by atoms with E-state index in [1.165, 1.54) is 0 Å². The molecule has 80 valence electrons. The molecule has 2 aromatic heterocycles. The summed E-state index contributed by atoms with van der Waals surface area (Å²) in [5.74, 6) is 0. The van der Waals surface area contributed by atoms with E-state index in [4.69, 9.17) is 0 Å². The highest BCUT2D eigenvalue weighted by molar-refractivity contribution is 5.07. The van der Waals surface area contributed by atoms with Crippen molar-refractivity contribution >= 4 is 0 Å². The predicted octanol–water partition coefficient (Wildman–Crippen LogP) is 0.113. The number of aliphatic hydroxyl groups is 1. The van der Waals surface area contributed by atoms with Gasteiger partial charge in [-0.25, -0.2) is 0 Å². The zero-order valence-corrected chi connectivity index (χ0v) is 8.70. The van der Waals surface area contributed by atoms with Crippen molar-refractivity contribution < 1.29 is 5.11 Å². The molecule has 0 aliphatic rings. The van der Waals surface area contributed by atoms with Gasteiger partial charge in [0.05, 0.1) is 18.8 Å². The van der Waals surface area contributed by atoms with Crippen LogP contribution in [0.15, 0.2) is 18.6 Å². The number of rotatable bonds is 3. The van der Waals surface area contributed by atoms with Crippen LogP contribution in [-0.4, -0.2) is 29.9 Å². The standard InChI is InChI=1S/C9H13N5O/c1-7(15)8-3-10-14(4-8)6-9-5-13(2)12-11-9/h3-5,7,15H,6H2,1-2H3. The minimum Gasteiger partial charge on any atom is -0.389 e. The monoisotopic (exact) mass is 207 g/mol. The smallest absolute Gasteiger partial charge is 0.104 e. The van der Waals surface area contributed by atoms with E-state index in [1.807, 2.05) is 13.2 Å². The first-order valence-corrected chi connectivity index (χ1v) is 4.71. The van der Waals surface area contributed by atoms with Gasteiger partial charge in [0.15, 0.2) is 0 Å². The maximum atomic E-state index is 9.32. The molecule has 6 heteroatoms. The van der Waals surface area contributed by atoms with E-state index in [9.17, 15) is 5.11 Å². The Balaban J connectivity index is 2.11. The lowest BCUT2D eigenvalue weighted by atomic mass is 10.2. The molecule has 15 heavy (non-hydrogen) atoms. The van der Waals surface area contributed by atoms with E-state index >= 15 is 0 Å². The molecule has 1 N–H and O–H groups in total. The van der Waals surface area contributed by atoms with Crippen LogP contribution in [0.5, 0.6) is 0 Å². The molecule has 1 atom stereocenters. The van der Waals surface area contributed by atoms with Crippen LogP contribution in [0.2, 0.25) is 0 Å². The lowest BCUT2D eigenvalue weighted by Gasteiger charge is -1.98. The molecule has 0 aromatic carbocycles. The Morgan fingerprint density at radius 1 is 1.47 bits per heavy atom. The third-order valence-electron chi connectivity index (χ3n) is 2.11. The Labute approximate surface area is 87.1 Å². The summed E-state index contributed by atoms with van der Waals surface area (Å²) in [7, 11) is 1.82. The second-order valence-corrected chi connectivity index (χ2v) is 3.53. The topological polar surface area (TPSA) is 68.8 Å². The third-order valence-corrected chi connectivity index (χ3v) is 2.11. The maximum Gasteiger partial charge on any atom is 0.104 e. The molecule has 6 nitrogen and oxygen atoms in total. The van der Waals surface area contributed by atoms with Crippen LogP contribution in [0.4, 0.5) is 0 Å². The molecule has 0 spiro atoms. The van der Waals surface area contributed by atoms with E-state index in [2.05, 4.69) is 15.4 Å². The van der Waals surface area contributed by atoms with Gasteiger partial charge in [-0.15, -0.1) is 5.10 Å². The van der Waals surface area contributed by atoms with Crippen LogP contribution in [-0.2, 0) is 13.6 Å². The van der Waals surface area contributed by atoms with Gasteiger partial charge in [-0.2, -0.15) is 5.10 Å². The Morgan fingerprint density at radius 3 is 2.80 bits per heavy atom. The molecule has 0 fully saturated rings. The van der Waals surface area contributed by atoms with Gasteiger partial charge >= 0.3 is 0 Å². The largest absolute Gasteiger partial charge is 0.389 e. The van der Waals surface area contributed by atoms with Crippen molar-refractivity contribution in [1.82, 2.24) is 24.8 Å². The van der Waals surface area contributed by atoms with Gasteiger partial charge in [-0.05, 0) is 6.92 Å². The van der Waals surface area contributed by atoms with Crippen LogP contribution >= 0.6 is 0 Å². The van der Waals surface area contributed by atoms with Crippen LogP contribution < -0.4 is 0 Å². The van der Waals surface area contributed by atoms with Crippen molar-refractivity contribution in [3.63, 3.8) is 0 Å². The van der Waals surface area contributed by atoms with Crippen LogP contribution in [0.1, 0.15) is 24.3 Å². The fourth-order valence-electron chi connectivity index (χ4n) is 1.32. The van der Waals surface area contributed by atoms with Crippen LogP contribution in [0.25, 0.3) is 0 Å². The van der Waals surface area contributed by atoms with Crippen molar-refractivity contribution in [3.05, 3.63) is 29.8 Å². The molecule has 0 saturated heterocycles. The van der Waals surface area contributed by atoms with Crippen molar-refractivity contribution in [3.8, 4) is 0 Å². The predicted molar refractivity (Wildman–Crippen MR) is 53.0 cm³/mol. The van der Waals surface area contributed by atoms with Gasteiger partial charge in [-0.1, -0.05) is 5.21 Å². The number of nitrogens with zero attached hydrogens (tertiary/aromatic N) is 5. The summed E-state index contributed by atoms with van der Waals surface area (Å²) in [5.41, 5.74) is 1.65. The zero-order valence-electron chi connectivity index (χ0n) is 8.70. The molecular weight excluding hydrogens is 194 g/mol. The van der Waals surface area contributed by atoms with Gasteiger partial charge in [0.1, 0.15) is 5.69 Å². The average Bonchev–Trinajstić information content (AvgIpc) is 2.76. The van der Waals surface area contributed by atoms with Crippen molar-refractivity contribution in [1.29, 1.82) is 0 Å². The molecule has 0 aliphatic carbocycles. The first-order valence-electron chi connectivity index (χ1n) is 4.71. The number of aromatic nitrogens is 5. The van der Waals surface area contributed by atoms with E-state index in [0.29, 0.717) is 6.54 Å². The van der Waals surface area contributed by atoms with Gasteiger partial charge in [0.25, 0.3) is 0 Å². The molecule has 1 unspecified atom stereocenters. The molecule has 0 bridgehead atoms. The Morgan fingerprint density at radius 2 is 2.27 bits per heavy atom. The lowest BCUT2D eigenvalue weighted by Crippen LogP contribution is -2.00. The van der Waals surface area contributed by atoms with Gasteiger partial charge in [-0.3, -0.25) is 9.36 Å². The quantitative estimate of drug-likeness (QED) is 0.775. The van der Waals surface area contributed by atoms with E-state index in [0.717, 1.165) is 11.3 Å². The highest BCUT2D eigenvalue weighted by Crippen LogP contribution is 2.10. The van der Waals surface area contributed by atoms with E-state index in [1.54, 1.807) is 28.7 Å². The Hall–Kier alpha value is -1.69. The first kappa shape index (κ1) is 9.85. The average molecular weight is 207 g/mol. The summed E-state index contributed by atoms with van der Waals surface area (Å²) < 4.78 is 3.38. The van der Waals surface area contributed by atoms with Crippen molar-refractivity contribution in [2.24, 2.45) is 7.05 Å². The van der Waals surface area contributed by atoms with Crippen molar-refractivity contribution in [2.75, 3.05) is 0 Å². The van der Waals surface area contributed by atoms with Gasteiger partial charge < -0.3 is 5.11 Å². The number of aryl methyl sites for hydroxylation is 1. The highest BCUT2D eigenvalue weighted by Gasteiger charge is 2.05. The maximum absolute atomic E-state index is 9.32. The van der Waals surface area contributed by atoms with Crippen LogP contribution in [0, 0.1) is 0 Å². The number of hydrogen-bond acceptors (Lipinski definition) is 4. The summed E-state index contributed by atoms with van der Waals surface area (Å²) in [5, 5.41) is 21.2. The Kier molecular flexibility index (Phi) is 2.51. The normalized spacial score (nSPS) is 13.0. The summed E-state index contributed by atoms with van der Waals surface area (Å²) in [6.45, 7) is 2.28. The SMILES string of the molecule is CC(O)c1cnn(Cc2cn(C)nn2)c1. The summed E-state index contributed by atoms with van der Waals surface area (Å²) in [6, 6.07) is 0. The fraction of sp³-hybridized carbons (Fsp3) is 0.444. The minimum atomic E-state index is -0.486. The molecule has 2 rings (SSSR count). The lowest BCUT2D eigenvalue weighted by molar-refractivity contribution is 0.199. The molecule has 0 saturated carbocycles. The molecular formula is C9H13N5O. The third kappa shape index (κ3) is 2.21. The molecule has 2 heterocycles. The van der Waals surface area contributed by atoms with Gasteiger partial charge in [0, 0.05) is 25.0 Å². The van der Waals surface area contributed by atoms with Gasteiger partial charge in [0.2, 0.25) is 0 Å². The number of hydrogen-bond donors (Lipinski definition) is 1. The highest BCUT2D eigenvalue weighted by atomic mass is 16.3. The second-order valence-electron chi connectivity index (χ2n) is 3.53. The minimum absolute atomic E-state index is 0.486. The zero-order chi connectivity index (χ0) is 10.8. The fourth-order valence-corrected chi connectivity index (χ4v) is 1.32. The summed E-state index contributed by atoms with van der Waals surface area (Å²) in [6.07, 6.45) is 4.81. The Bertz CT molecular complexity index is 445. The summed E-state index contributed by atoms with van der Waals surface area (Å²) in [4.78, 5) is 0. The molecule has 0 amide bonds. The second kappa shape index (κ2) is 3.82. The van der Waals surface area contributed by atoms with E-state index < -0.39 is 6.10 Å². The van der Waals surface area contributed by atoms with E-state index in [-0.39, 0.29) is 0 Å². The molecule has 0 aliphatic heterocycles. The van der Waals surface area contributed by atoms with Crippen LogP contribution in [0.3, 0.4) is 0 Å². The molecule has 2 aromatic rings. The first-order chi connectivity index (χ1) is 7.15. The molecule has 0 radical (unpaired) electrons. The number of aliphatic hydroxyl groups excluding tert-OH is 1. The van der Waals surface area contributed by atoms with Crippen molar-refractivity contribution in [2.45, 2.75) is 19.6 Å². The summed E-state index contributed by atoms with van der Waals surface area (Å²) >= 11 is 0.